The van der Waals surface area contributed by atoms with Crippen LogP contribution in [0.15, 0.2) is 40.1 Å². The van der Waals surface area contributed by atoms with E-state index in [2.05, 4.69) is 4.98 Å². The number of ether oxygens (including phenoxy) is 2. The maximum atomic E-state index is 13.3. The SMILES string of the molecule is CC(OCc1cn([C@@]2([SiH](C)C)C[C@@](O)(C(C)(C)C)[C@@H](C(O)C(C)(C)C)O2)c(=O)[nH]c1=O)c1ccccc1[N+](=O)[O-]. The molecule has 0 aliphatic carbocycles. The first-order valence-electron chi connectivity index (χ1n) is 13.5. The Bertz CT molecular complexity index is 1360. The fraction of sp³-hybridized carbons (Fsp3) is 0.643. The topological polar surface area (TPSA) is 157 Å². The first-order chi connectivity index (χ1) is 18.3. The fourth-order valence-corrected chi connectivity index (χ4v) is 7.16. The van der Waals surface area contributed by atoms with E-state index in [1.54, 1.807) is 25.1 Å². The Morgan fingerprint density at radius 3 is 2.35 bits per heavy atom. The molecule has 2 unspecified atom stereocenters. The Morgan fingerprint density at radius 1 is 1.23 bits per heavy atom. The van der Waals surface area contributed by atoms with E-state index in [1.807, 2.05) is 54.6 Å². The highest BCUT2D eigenvalue weighted by molar-refractivity contribution is 6.58. The second-order valence-corrected chi connectivity index (χ2v) is 16.5. The van der Waals surface area contributed by atoms with Crippen LogP contribution >= 0.6 is 0 Å². The minimum absolute atomic E-state index is 0.0457. The number of hydrogen-bond donors (Lipinski definition) is 3. The van der Waals surface area contributed by atoms with Gasteiger partial charge in [0.15, 0.2) is 0 Å². The van der Waals surface area contributed by atoms with Crippen molar-refractivity contribution in [3.63, 3.8) is 0 Å². The molecule has 1 aromatic carbocycles. The zero-order chi connectivity index (χ0) is 30.4. The van der Waals surface area contributed by atoms with Crippen molar-refractivity contribution in [1.82, 2.24) is 9.55 Å². The molecular formula is C28H43N3O8Si. The standard InChI is InChI=1S/C28H43N3O8Si/c1-17(19-12-10-11-13-20(19)31(36)37)38-15-18-14-30(24(34)29-23(18)33)28(40(8)9)16-27(35,26(5,6)7)22(39-28)21(32)25(2,3)4/h10-14,17,21-22,32,35,40H,15-16H2,1-9H3,(H,29,33,34)/t17?,21?,22-,27+,28+/m1/s1. The molecule has 1 aromatic heterocycles. The van der Waals surface area contributed by atoms with Crippen molar-refractivity contribution < 1.29 is 24.6 Å². The van der Waals surface area contributed by atoms with Gasteiger partial charge >= 0.3 is 5.69 Å². The average Bonchev–Trinajstić information content (AvgIpc) is 3.17. The third kappa shape index (κ3) is 5.73. The number of aromatic amines is 1. The number of rotatable bonds is 8. The van der Waals surface area contributed by atoms with E-state index in [-0.39, 0.29) is 24.3 Å². The lowest BCUT2D eigenvalue weighted by Crippen LogP contribution is -2.57. The third-order valence-corrected chi connectivity index (χ3v) is 10.6. The smallest absolute Gasteiger partial charge is 0.330 e. The van der Waals surface area contributed by atoms with Crippen molar-refractivity contribution in [2.45, 2.75) is 104 Å². The predicted molar refractivity (Wildman–Crippen MR) is 154 cm³/mol. The second kappa shape index (κ2) is 11.0. The Kier molecular flexibility index (Phi) is 8.75. The molecule has 3 rings (SSSR count). The number of aromatic nitrogens is 2. The molecular weight excluding hydrogens is 534 g/mol. The predicted octanol–water partition coefficient (Wildman–Crippen LogP) is 3.37. The Hall–Kier alpha value is -2.64. The van der Waals surface area contributed by atoms with Crippen LogP contribution in [0.3, 0.4) is 0 Å². The van der Waals surface area contributed by atoms with Gasteiger partial charge in [-0.05, 0) is 23.8 Å². The van der Waals surface area contributed by atoms with Gasteiger partial charge in [0.05, 0.1) is 43.7 Å². The molecule has 1 fully saturated rings. The van der Waals surface area contributed by atoms with E-state index in [4.69, 9.17) is 9.47 Å². The second-order valence-electron chi connectivity index (χ2n) is 13.3. The number of nitro groups is 1. The van der Waals surface area contributed by atoms with Crippen LogP contribution in [0.2, 0.25) is 13.1 Å². The molecule has 0 radical (unpaired) electrons. The Balaban J connectivity index is 2.07. The molecule has 12 heteroatoms. The number of nitrogens with zero attached hydrogens (tertiary/aromatic N) is 2. The van der Waals surface area contributed by atoms with Gasteiger partial charge in [-0.1, -0.05) is 66.8 Å². The fourth-order valence-electron chi connectivity index (χ4n) is 5.27. The number of para-hydroxylation sites is 1. The summed E-state index contributed by atoms with van der Waals surface area (Å²) in [5.41, 5.74) is -3.78. The van der Waals surface area contributed by atoms with Gasteiger partial charge in [0.1, 0.15) is 17.1 Å². The number of nitrogens with one attached hydrogen (secondary N) is 1. The van der Waals surface area contributed by atoms with E-state index >= 15 is 0 Å². The van der Waals surface area contributed by atoms with Crippen LogP contribution in [0.5, 0.6) is 0 Å². The highest BCUT2D eigenvalue weighted by Gasteiger charge is 2.65. The minimum Gasteiger partial charge on any atom is -0.390 e. The van der Waals surface area contributed by atoms with Crippen molar-refractivity contribution >= 4 is 14.5 Å². The van der Waals surface area contributed by atoms with E-state index in [0.29, 0.717) is 5.56 Å². The number of aliphatic hydroxyl groups is 2. The quantitative estimate of drug-likeness (QED) is 0.245. The normalized spacial score (nSPS) is 25.2. The highest BCUT2D eigenvalue weighted by Crippen LogP contribution is 2.53. The van der Waals surface area contributed by atoms with E-state index in [1.165, 1.54) is 16.8 Å². The average molecular weight is 578 g/mol. The maximum Gasteiger partial charge on any atom is 0.330 e. The van der Waals surface area contributed by atoms with Crippen molar-refractivity contribution in [2.75, 3.05) is 0 Å². The molecule has 0 spiro atoms. The molecule has 2 aromatic rings. The molecule has 2 heterocycles. The summed E-state index contributed by atoms with van der Waals surface area (Å²) in [6.07, 6.45) is -1.32. The van der Waals surface area contributed by atoms with Gasteiger partial charge in [-0.3, -0.25) is 24.5 Å². The van der Waals surface area contributed by atoms with Gasteiger partial charge in [-0.25, -0.2) is 4.79 Å². The molecule has 1 saturated heterocycles. The Labute approximate surface area is 235 Å². The zero-order valence-corrected chi connectivity index (χ0v) is 26.0. The first-order valence-corrected chi connectivity index (χ1v) is 16.4. The van der Waals surface area contributed by atoms with Crippen molar-refractivity contribution in [2.24, 2.45) is 10.8 Å². The van der Waals surface area contributed by atoms with Crippen molar-refractivity contribution in [1.29, 1.82) is 0 Å². The monoisotopic (exact) mass is 577 g/mol. The van der Waals surface area contributed by atoms with E-state index in [0.717, 1.165) is 0 Å². The molecule has 11 nitrogen and oxygen atoms in total. The van der Waals surface area contributed by atoms with Crippen LogP contribution in [0.4, 0.5) is 5.69 Å². The van der Waals surface area contributed by atoms with Gasteiger partial charge in [-0.2, -0.15) is 0 Å². The van der Waals surface area contributed by atoms with E-state index in [9.17, 15) is 29.9 Å². The number of H-pyrrole nitrogens is 1. The summed E-state index contributed by atoms with van der Waals surface area (Å²) >= 11 is 0. The maximum absolute atomic E-state index is 13.3. The molecule has 5 atom stereocenters. The van der Waals surface area contributed by atoms with Crippen molar-refractivity contribution in [3.8, 4) is 0 Å². The van der Waals surface area contributed by atoms with Gasteiger partial charge in [0.25, 0.3) is 11.2 Å². The summed E-state index contributed by atoms with van der Waals surface area (Å²) < 4.78 is 13.8. The molecule has 40 heavy (non-hydrogen) atoms. The summed E-state index contributed by atoms with van der Waals surface area (Å²) in [5, 5.41) is 33.7. The van der Waals surface area contributed by atoms with Gasteiger partial charge in [-0.15, -0.1) is 0 Å². The number of aliphatic hydroxyl groups excluding tert-OH is 1. The molecule has 3 N–H and O–H groups in total. The lowest BCUT2D eigenvalue weighted by atomic mass is 9.68. The molecule has 0 amide bonds. The van der Waals surface area contributed by atoms with Crippen LogP contribution in [0.1, 0.15) is 72.1 Å². The van der Waals surface area contributed by atoms with Crippen LogP contribution in [0, 0.1) is 20.9 Å². The minimum atomic E-state index is -2.01. The van der Waals surface area contributed by atoms with Crippen LogP contribution in [0.25, 0.3) is 0 Å². The van der Waals surface area contributed by atoms with Gasteiger partial charge in [0.2, 0.25) is 0 Å². The zero-order valence-electron chi connectivity index (χ0n) is 24.8. The summed E-state index contributed by atoms with van der Waals surface area (Å²) in [6, 6.07) is 6.21. The van der Waals surface area contributed by atoms with Gasteiger partial charge < -0.3 is 19.7 Å². The van der Waals surface area contributed by atoms with Crippen LogP contribution < -0.4 is 11.2 Å². The number of nitro benzene ring substituents is 1. The van der Waals surface area contributed by atoms with E-state index < -0.39 is 65.1 Å². The summed E-state index contributed by atoms with van der Waals surface area (Å²) in [6.45, 7) is 16.6. The molecule has 222 valence electrons. The molecule has 0 bridgehead atoms. The lowest BCUT2D eigenvalue weighted by molar-refractivity contribution is -0.386. The molecule has 1 aliphatic rings. The van der Waals surface area contributed by atoms with Crippen molar-refractivity contribution in [3.05, 3.63) is 72.5 Å². The van der Waals surface area contributed by atoms with Crippen LogP contribution in [-0.2, 0) is 21.4 Å². The molecule has 1 aliphatic heterocycles. The van der Waals surface area contributed by atoms with Crippen LogP contribution in [-0.4, -0.2) is 51.3 Å². The number of hydrogen-bond acceptors (Lipinski definition) is 8. The Morgan fingerprint density at radius 2 is 1.82 bits per heavy atom. The summed E-state index contributed by atoms with van der Waals surface area (Å²) in [7, 11) is -2.01. The first kappa shape index (κ1) is 31.9. The summed E-state index contributed by atoms with van der Waals surface area (Å²) in [4.78, 5) is 39.4. The number of benzene rings is 1. The van der Waals surface area contributed by atoms with Gasteiger partial charge in [0, 0.05) is 18.7 Å². The summed E-state index contributed by atoms with van der Waals surface area (Å²) in [5.74, 6) is 0. The largest absolute Gasteiger partial charge is 0.390 e. The molecule has 0 saturated carbocycles. The lowest BCUT2D eigenvalue weighted by Gasteiger charge is -2.44. The third-order valence-electron chi connectivity index (χ3n) is 8.18. The highest BCUT2D eigenvalue weighted by atomic mass is 28.3.